The molecule has 158 valence electrons. The van der Waals surface area contributed by atoms with E-state index < -0.39 is 10.0 Å². The highest BCUT2D eigenvalue weighted by atomic mass is 32.2. The molecule has 7 heteroatoms. The Hall–Kier alpha value is -2.64. The number of carbonyl (C=O) groups is 1. The topological polar surface area (TPSA) is 82.3 Å². The van der Waals surface area contributed by atoms with E-state index in [1.54, 1.807) is 28.6 Å². The first-order chi connectivity index (χ1) is 14.4. The monoisotopic (exact) mass is 425 g/mol. The molecule has 4 rings (SSSR count). The summed E-state index contributed by atoms with van der Waals surface area (Å²) in [6.45, 7) is 3.81. The maximum atomic E-state index is 13.0. The number of carbonyl (C=O) groups excluding carboxylic acids is 1. The summed E-state index contributed by atoms with van der Waals surface area (Å²) in [5, 5.41) is 3.63. The second-order valence-electron chi connectivity index (χ2n) is 8.01. The van der Waals surface area contributed by atoms with E-state index in [1.165, 1.54) is 0 Å². The molecule has 2 aromatic carbocycles. The first-order valence-electron chi connectivity index (χ1n) is 10.4. The van der Waals surface area contributed by atoms with Gasteiger partial charge < -0.3 is 10.3 Å². The van der Waals surface area contributed by atoms with Gasteiger partial charge in [0, 0.05) is 30.5 Å². The minimum atomic E-state index is -3.51. The molecule has 2 heterocycles. The van der Waals surface area contributed by atoms with E-state index in [9.17, 15) is 13.2 Å². The highest BCUT2D eigenvalue weighted by molar-refractivity contribution is 7.89. The van der Waals surface area contributed by atoms with Crippen molar-refractivity contribution in [2.75, 3.05) is 19.6 Å². The molecular weight excluding hydrogens is 398 g/mol. The predicted octanol–water partition coefficient (Wildman–Crippen LogP) is 3.56. The van der Waals surface area contributed by atoms with Crippen LogP contribution in [-0.4, -0.2) is 43.2 Å². The van der Waals surface area contributed by atoms with Crippen LogP contribution in [0.5, 0.6) is 0 Å². The minimum Gasteiger partial charge on any atom is -0.351 e. The molecule has 0 radical (unpaired) electrons. The SMILES string of the molecule is CC1CCN(S(=O)(=O)c2ccc3[nH]c(C(=O)NCCc4ccccc4)cc3c2)CC1. The standard InChI is InChI=1S/C23H27N3O3S/c1-17-10-13-26(14-11-17)30(28,29)20-7-8-21-19(15-20)16-22(25-21)23(27)24-12-9-18-5-3-2-4-6-18/h2-8,15-17,25H,9-14H2,1H3,(H,24,27). The lowest BCUT2D eigenvalue weighted by molar-refractivity contribution is 0.0950. The van der Waals surface area contributed by atoms with Gasteiger partial charge in [-0.2, -0.15) is 4.31 Å². The van der Waals surface area contributed by atoms with Crippen LogP contribution in [0.2, 0.25) is 0 Å². The number of fused-ring (bicyclic) bond motifs is 1. The summed E-state index contributed by atoms with van der Waals surface area (Å²) in [5.74, 6) is 0.364. The fourth-order valence-corrected chi connectivity index (χ4v) is 5.33. The van der Waals surface area contributed by atoms with Crippen molar-refractivity contribution in [1.29, 1.82) is 0 Å². The van der Waals surface area contributed by atoms with Crippen molar-refractivity contribution < 1.29 is 13.2 Å². The van der Waals surface area contributed by atoms with Crippen molar-refractivity contribution >= 4 is 26.8 Å². The third kappa shape index (κ3) is 4.42. The van der Waals surface area contributed by atoms with Crippen LogP contribution in [0.1, 0.15) is 35.8 Å². The Bertz CT molecular complexity index is 1130. The van der Waals surface area contributed by atoms with Gasteiger partial charge in [-0.15, -0.1) is 0 Å². The number of rotatable bonds is 6. The smallest absolute Gasteiger partial charge is 0.267 e. The molecule has 0 saturated carbocycles. The summed E-state index contributed by atoms with van der Waals surface area (Å²) in [4.78, 5) is 15.9. The first-order valence-corrected chi connectivity index (χ1v) is 11.8. The summed E-state index contributed by atoms with van der Waals surface area (Å²) in [7, 11) is -3.51. The number of piperidine rings is 1. The Morgan fingerprint density at radius 1 is 1.10 bits per heavy atom. The molecular formula is C23H27N3O3S. The highest BCUT2D eigenvalue weighted by Gasteiger charge is 2.28. The van der Waals surface area contributed by atoms with Crippen LogP contribution in [0, 0.1) is 5.92 Å². The Labute approximate surface area is 177 Å². The van der Waals surface area contributed by atoms with Crippen molar-refractivity contribution in [3.8, 4) is 0 Å². The largest absolute Gasteiger partial charge is 0.351 e. The lowest BCUT2D eigenvalue weighted by Gasteiger charge is -2.29. The fourth-order valence-electron chi connectivity index (χ4n) is 3.83. The number of aromatic amines is 1. The third-order valence-corrected chi connectivity index (χ3v) is 7.65. The maximum Gasteiger partial charge on any atom is 0.267 e. The summed E-state index contributed by atoms with van der Waals surface area (Å²) < 4.78 is 27.5. The molecule has 3 aromatic rings. The van der Waals surface area contributed by atoms with Crippen molar-refractivity contribution in [3.05, 3.63) is 65.9 Å². The van der Waals surface area contributed by atoms with Crippen LogP contribution < -0.4 is 5.32 Å². The number of sulfonamides is 1. The van der Waals surface area contributed by atoms with Gasteiger partial charge in [-0.1, -0.05) is 37.3 Å². The fraction of sp³-hybridized carbons (Fsp3) is 0.348. The lowest BCUT2D eigenvalue weighted by Crippen LogP contribution is -2.37. The molecule has 2 N–H and O–H groups in total. The molecule has 1 saturated heterocycles. The van der Waals surface area contributed by atoms with Crippen molar-refractivity contribution in [1.82, 2.24) is 14.6 Å². The van der Waals surface area contributed by atoms with Gasteiger partial charge in [0.2, 0.25) is 10.0 Å². The summed E-state index contributed by atoms with van der Waals surface area (Å²) in [6.07, 6.45) is 2.53. The average Bonchev–Trinajstić information content (AvgIpc) is 3.18. The van der Waals surface area contributed by atoms with Gasteiger partial charge in [0.05, 0.1) is 4.90 Å². The van der Waals surface area contributed by atoms with Gasteiger partial charge >= 0.3 is 0 Å². The summed E-state index contributed by atoms with van der Waals surface area (Å²) >= 11 is 0. The number of hydrogen-bond donors (Lipinski definition) is 2. The van der Waals surface area contributed by atoms with Crippen molar-refractivity contribution in [3.63, 3.8) is 0 Å². The lowest BCUT2D eigenvalue weighted by atomic mass is 10.0. The summed E-state index contributed by atoms with van der Waals surface area (Å²) in [6, 6.07) is 16.7. The Kier molecular flexibility index (Phi) is 5.92. The molecule has 1 aliphatic rings. The molecule has 1 aliphatic heterocycles. The number of benzene rings is 2. The van der Waals surface area contributed by atoms with Crippen LogP contribution in [0.4, 0.5) is 0 Å². The van der Waals surface area contributed by atoms with E-state index in [4.69, 9.17) is 0 Å². The quantitative estimate of drug-likeness (QED) is 0.634. The molecule has 6 nitrogen and oxygen atoms in total. The van der Waals surface area contributed by atoms with Crippen LogP contribution in [0.25, 0.3) is 10.9 Å². The first kappa shape index (κ1) is 20.6. The molecule has 0 atom stereocenters. The van der Waals surface area contributed by atoms with Crippen LogP contribution >= 0.6 is 0 Å². The Balaban J connectivity index is 1.46. The van der Waals surface area contributed by atoms with Gasteiger partial charge in [-0.05, 0) is 55.0 Å². The number of nitrogens with one attached hydrogen (secondary N) is 2. The minimum absolute atomic E-state index is 0.198. The Morgan fingerprint density at radius 2 is 1.83 bits per heavy atom. The number of amides is 1. The van der Waals surface area contributed by atoms with Crippen molar-refractivity contribution in [2.24, 2.45) is 5.92 Å². The summed E-state index contributed by atoms with van der Waals surface area (Å²) in [5.41, 5.74) is 2.34. The van der Waals surface area contributed by atoms with Gasteiger partial charge in [-0.3, -0.25) is 4.79 Å². The normalized spacial score (nSPS) is 16.0. The second kappa shape index (κ2) is 8.62. The van der Waals surface area contributed by atoms with E-state index in [-0.39, 0.29) is 10.8 Å². The molecule has 0 bridgehead atoms. The molecule has 30 heavy (non-hydrogen) atoms. The number of hydrogen-bond acceptors (Lipinski definition) is 3. The second-order valence-corrected chi connectivity index (χ2v) is 9.95. The average molecular weight is 426 g/mol. The van der Waals surface area contributed by atoms with E-state index in [0.29, 0.717) is 31.2 Å². The molecule has 0 aliphatic carbocycles. The van der Waals surface area contributed by atoms with Gasteiger partial charge in [-0.25, -0.2) is 8.42 Å². The van der Waals surface area contributed by atoms with E-state index >= 15 is 0 Å². The molecule has 1 aromatic heterocycles. The molecule has 0 spiro atoms. The number of H-pyrrole nitrogens is 1. The number of aromatic nitrogens is 1. The van der Waals surface area contributed by atoms with E-state index in [1.807, 2.05) is 30.3 Å². The third-order valence-electron chi connectivity index (χ3n) is 5.76. The zero-order valence-corrected chi connectivity index (χ0v) is 17.9. The predicted molar refractivity (Wildman–Crippen MR) is 118 cm³/mol. The Morgan fingerprint density at radius 3 is 2.57 bits per heavy atom. The highest BCUT2D eigenvalue weighted by Crippen LogP contribution is 2.26. The van der Waals surface area contributed by atoms with E-state index in [2.05, 4.69) is 17.2 Å². The molecule has 1 amide bonds. The maximum absolute atomic E-state index is 13.0. The van der Waals surface area contributed by atoms with Gasteiger partial charge in [0.25, 0.3) is 5.91 Å². The van der Waals surface area contributed by atoms with Crippen LogP contribution in [0.15, 0.2) is 59.5 Å². The van der Waals surface area contributed by atoms with Crippen LogP contribution in [-0.2, 0) is 16.4 Å². The van der Waals surface area contributed by atoms with Crippen molar-refractivity contribution in [2.45, 2.75) is 31.1 Å². The zero-order valence-electron chi connectivity index (χ0n) is 17.1. The van der Waals surface area contributed by atoms with E-state index in [0.717, 1.165) is 35.7 Å². The van der Waals surface area contributed by atoms with Gasteiger partial charge in [0.1, 0.15) is 5.69 Å². The van der Waals surface area contributed by atoms with Crippen LogP contribution in [0.3, 0.4) is 0 Å². The number of nitrogens with zero attached hydrogens (tertiary/aromatic N) is 1. The zero-order chi connectivity index (χ0) is 21.1. The molecule has 1 fully saturated rings. The molecule has 0 unspecified atom stereocenters. The van der Waals surface area contributed by atoms with Gasteiger partial charge in [0.15, 0.2) is 0 Å².